The monoisotopic (exact) mass is 275 g/mol. The molecule has 1 fully saturated rings. The lowest BCUT2D eigenvalue weighted by molar-refractivity contribution is 0.780. The molecule has 0 radical (unpaired) electrons. The number of alkyl halides is 1. The molecule has 1 aliphatic heterocycles. The van der Waals surface area contributed by atoms with Gasteiger partial charge in [-0.15, -0.1) is 11.6 Å². The highest BCUT2D eigenvalue weighted by atomic mass is 35.5. The molecule has 0 saturated carbocycles. The highest BCUT2D eigenvalue weighted by Crippen LogP contribution is 2.30. The Morgan fingerprint density at radius 2 is 2.31 bits per heavy atom. The third kappa shape index (κ3) is 2.79. The van der Waals surface area contributed by atoms with E-state index in [0.29, 0.717) is 11.1 Å². The maximum atomic E-state index is 6.05. The third-order valence-corrected chi connectivity index (χ3v) is 4.43. The Hall–Kier alpha value is -0.0500. The van der Waals surface area contributed by atoms with Crippen molar-refractivity contribution in [3.63, 3.8) is 0 Å². The summed E-state index contributed by atoms with van der Waals surface area (Å²) in [5.74, 6) is 1.72. The lowest BCUT2D eigenvalue weighted by Crippen LogP contribution is -2.37. The first-order valence-corrected chi connectivity index (χ1v) is 7.38. The van der Waals surface area contributed by atoms with E-state index in [4.69, 9.17) is 23.2 Å². The van der Waals surface area contributed by atoms with Gasteiger partial charge >= 0.3 is 0 Å². The van der Waals surface area contributed by atoms with Crippen LogP contribution in [0.2, 0.25) is 5.02 Å². The van der Waals surface area contributed by atoms with E-state index in [2.05, 4.69) is 11.8 Å². The Balaban J connectivity index is 2.26. The molecule has 2 rings (SSSR count). The number of hydrogen-bond acceptors (Lipinski definition) is 2. The molecular formula is C12H15Cl2NS. The van der Waals surface area contributed by atoms with Gasteiger partial charge in [-0.05, 0) is 17.7 Å². The molecular weight excluding hydrogens is 261 g/mol. The molecule has 1 aromatic carbocycles. The molecule has 0 aliphatic carbocycles. The molecule has 0 aromatic heterocycles. The van der Waals surface area contributed by atoms with Gasteiger partial charge in [0, 0.05) is 40.7 Å². The summed E-state index contributed by atoms with van der Waals surface area (Å²) in [5, 5.41) is 1.46. The number of halogens is 2. The average molecular weight is 276 g/mol. The molecule has 1 aliphatic rings. The number of anilines is 1. The number of nitrogens with zero attached hydrogens (tertiary/aromatic N) is 1. The van der Waals surface area contributed by atoms with Crippen molar-refractivity contribution in [3.8, 4) is 0 Å². The van der Waals surface area contributed by atoms with E-state index in [-0.39, 0.29) is 0 Å². The molecule has 1 atom stereocenters. The molecule has 1 heterocycles. The van der Waals surface area contributed by atoms with Crippen LogP contribution >= 0.6 is 35.0 Å². The maximum absolute atomic E-state index is 6.05. The highest BCUT2D eigenvalue weighted by molar-refractivity contribution is 8.00. The van der Waals surface area contributed by atoms with E-state index in [1.165, 1.54) is 17.0 Å². The summed E-state index contributed by atoms with van der Waals surface area (Å²) < 4.78 is 0. The molecule has 0 N–H and O–H groups in total. The van der Waals surface area contributed by atoms with Gasteiger partial charge in [-0.3, -0.25) is 0 Å². The van der Waals surface area contributed by atoms with Crippen LogP contribution in [-0.2, 0) is 5.88 Å². The molecule has 1 unspecified atom stereocenters. The van der Waals surface area contributed by atoms with Crippen molar-refractivity contribution in [1.82, 2.24) is 0 Å². The lowest BCUT2D eigenvalue weighted by atomic mass is 10.1. The minimum Gasteiger partial charge on any atom is -0.369 e. The van der Waals surface area contributed by atoms with Crippen LogP contribution in [0.3, 0.4) is 0 Å². The van der Waals surface area contributed by atoms with Crippen molar-refractivity contribution >= 4 is 40.7 Å². The first-order chi connectivity index (χ1) is 7.70. The minimum absolute atomic E-state index is 0.546. The summed E-state index contributed by atoms with van der Waals surface area (Å²) in [7, 11) is 0. The van der Waals surface area contributed by atoms with Crippen LogP contribution in [0.1, 0.15) is 12.5 Å². The first-order valence-electron chi connectivity index (χ1n) is 5.41. The second kappa shape index (κ2) is 5.52. The summed E-state index contributed by atoms with van der Waals surface area (Å²) in [4.78, 5) is 2.39. The second-order valence-electron chi connectivity index (χ2n) is 4.03. The molecule has 0 spiro atoms. The zero-order chi connectivity index (χ0) is 11.5. The predicted molar refractivity (Wildman–Crippen MR) is 75.1 cm³/mol. The summed E-state index contributed by atoms with van der Waals surface area (Å²) >= 11 is 14.0. The van der Waals surface area contributed by atoms with E-state index in [1.54, 1.807) is 0 Å². The zero-order valence-electron chi connectivity index (χ0n) is 9.25. The quantitative estimate of drug-likeness (QED) is 0.750. The van der Waals surface area contributed by atoms with Crippen LogP contribution in [0, 0.1) is 0 Å². The van der Waals surface area contributed by atoms with Crippen molar-refractivity contribution in [2.45, 2.75) is 18.1 Å². The standard InChI is InChI=1S/C12H15Cl2NS/c1-9-8-15(4-5-16-9)12-6-11(14)3-2-10(12)7-13/h2-3,6,9H,4-5,7-8H2,1H3. The van der Waals surface area contributed by atoms with Crippen LogP contribution < -0.4 is 4.90 Å². The van der Waals surface area contributed by atoms with Gasteiger partial charge in [0.15, 0.2) is 0 Å². The highest BCUT2D eigenvalue weighted by Gasteiger charge is 2.19. The van der Waals surface area contributed by atoms with Gasteiger partial charge in [0.05, 0.1) is 0 Å². The van der Waals surface area contributed by atoms with Crippen molar-refractivity contribution in [3.05, 3.63) is 28.8 Å². The van der Waals surface area contributed by atoms with Crippen molar-refractivity contribution in [2.24, 2.45) is 0 Å². The Morgan fingerprint density at radius 3 is 3.00 bits per heavy atom. The minimum atomic E-state index is 0.546. The fraction of sp³-hybridized carbons (Fsp3) is 0.500. The van der Waals surface area contributed by atoms with Crippen LogP contribution in [0.15, 0.2) is 18.2 Å². The van der Waals surface area contributed by atoms with Gasteiger partial charge in [0.2, 0.25) is 0 Å². The average Bonchev–Trinajstić information content (AvgIpc) is 2.29. The first kappa shape index (κ1) is 12.4. The molecule has 88 valence electrons. The van der Waals surface area contributed by atoms with E-state index in [0.717, 1.165) is 18.1 Å². The number of rotatable bonds is 2. The zero-order valence-corrected chi connectivity index (χ0v) is 11.6. The van der Waals surface area contributed by atoms with E-state index >= 15 is 0 Å². The number of benzene rings is 1. The van der Waals surface area contributed by atoms with Crippen LogP contribution in [0.5, 0.6) is 0 Å². The topological polar surface area (TPSA) is 3.24 Å². The van der Waals surface area contributed by atoms with E-state index in [1.807, 2.05) is 30.0 Å². The van der Waals surface area contributed by atoms with E-state index < -0.39 is 0 Å². The summed E-state index contributed by atoms with van der Waals surface area (Å²) in [5.41, 5.74) is 2.37. The summed E-state index contributed by atoms with van der Waals surface area (Å²) in [6.45, 7) is 4.43. The Bertz CT molecular complexity index is 370. The van der Waals surface area contributed by atoms with Crippen LogP contribution in [-0.4, -0.2) is 24.1 Å². The van der Waals surface area contributed by atoms with Crippen LogP contribution in [0.25, 0.3) is 0 Å². The maximum Gasteiger partial charge on any atom is 0.0494 e. The number of thioether (sulfide) groups is 1. The van der Waals surface area contributed by atoms with Gasteiger partial charge in [-0.2, -0.15) is 11.8 Å². The molecule has 1 saturated heterocycles. The largest absolute Gasteiger partial charge is 0.369 e. The normalized spacial score (nSPS) is 21.2. The van der Waals surface area contributed by atoms with Crippen molar-refractivity contribution < 1.29 is 0 Å². The predicted octanol–water partition coefficient (Wildman–Crippen LogP) is 4.02. The molecule has 16 heavy (non-hydrogen) atoms. The molecule has 1 aromatic rings. The molecule has 1 nitrogen and oxygen atoms in total. The van der Waals surface area contributed by atoms with Gasteiger partial charge < -0.3 is 4.90 Å². The molecule has 0 bridgehead atoms. The Morgan fingerprint density at radius 1 is 1.50 bits per heavy atom. The smallest absolute Gasteiger partial charge is 0.0494 e. The Labute approximate surface area is 111 Å². The van der Waals surface area contributed by atoms with Gasteiger partial charge in [0.25, 0.3) is 0 Å². The fourth-order valence-electron chi connectivity index (χ4n) is 1.98. The van der Waals surface area contributed by atoms with Gasteiger partial charge in [-0.1, -0.05) is 24.6 Å². The van der Waals surface area contributed by atoms with Gasteiger partial charge in [0.1, 0.15) is 0 Å². The SMILES string of the molecule is CC1CN(c2cc(Cl)ccc2CCl)CCS1. The summed E-state index contributed by atoms with van der Waals surface area (Å²) in [6.07, 6.45) is 0. The molecule has 4 heteroatoms. The second-order valence-corrected chi connectivity index (χ2v) is 6.28. The van der Waals surface area contributed by atoms with E-state index in [9.17, 15) is 0 Å². The van der Waals surface area contributed by atoms with Gasteiger partial charge in [-0.25, -0.2) is 0 Å². The third-order valence-electron chi connectivity index (χ3n) is 2.77. The lowest BCUT2D eigenvalue weighted by Gasteiger charge is -2.33. The van der Waals surface area contributed by atoms with Crippen molar-refractivity contribution in [1.29, 1.82) is 0 Å². The Kier molecular flexibility index (Phi) is 4.28. The van der Waals surface area contributed by atoms with Crippen molar-refractivity contribution in [2.75, 3.05) is 23.7 Å². The fourth-order valence-corrected chi connectivity index (χ4v) is 3.39. The summed E-state index contributed by atoms with van der Waals surface area (Å²) in [6, 6.07) is 5.96. The van der Waals surface area contributed by atoms with Crippen LogP contribution in [0.4, 0.5) is 5.69 Å². The number of hydrogen-bond donors (Lipinski definition) is 0. The molecule has 0 amide bonds.